The molecule has 1 aromatic rings. The van der Waals surface area contributed by atoms with Crippen LogP contribution in [0.25, 0.3) is 0 Å². The van der Waals surface area contributed by atoms with E-state index in [1.165, 1.54) is 12.1 Å². The number of benzene rings is 1. The normalized spacial score (nSPS) is 12.8. The van der Waals surface area contributed by atoms with Gasteiger partial charge in [0.1, 0.15) is 5.82 Å². The van der Waals surface area contributed by atoms with Gasteiger partial charge in [0.05, 0.1) is 0 Å². The third kappa shape index (κ3) is 4.08. The van der Waals surface area contributed by atoms with Crippen LogP contribution in [0.5, 0.6) is 0 Å². The number of hydrogen-bond donors (Lipinski definition) is 1. The van der Waals surface area contributed by atoms with Gasteiger partial charge >= 0.3 is 0 Å². The maximum atomic E-state index is 13.0. The summed E-state index contributed by atoms with van der Waals surface area (Å²) in [6.45, 7) is 0.679. The Morgan fingerprint density at radius 3 is 2.88 bits per heavy atom. The summed E-state index contributed by atoms with van der Waals surface area (Å²) >= 11 is 6.01. The van der Waals surface area contributed by atoms with Crippen LogP contribution in [0, 0.1) is 5.82 Å². The molecule has 1 atom stereocenters. The first-order valence-corrected chi connectivity index (χ1v) is 5.65. The molecule has 90 valence electrons. The summed E-state index contributed by atoms with van der Waals surface area (Å²) < 4.78 is 18.1. The Morgan fingerprint density at radius 1 is 1.50 bits per heavy atom. The lowest BCUT2D eigenvalue weighted by Gasteiger charge is -2.16. The number of hydrogen-bond acceptors (Lipinski definition) is 2. The number of halogens is 2. The molecule has 0 saturated heterocycles. The largest absolute Gasteiger partial charge is 0.385 e. The summed E-state index contributed by atoms with van der Waals surface area (Å²) in [7, 11) is 3.55. The molecule has 0 amide bonds. The van der Waals surface area contributed by atoms with Crippen molar-refractivity contribution in [2.75, 3.05) is 20.8 Å². The molecule has 0 spiro atoms. The molecule has 0 aliphatic carbocycles. The van der Waals surface area contributed by atoms with E-state index in [1.807, 2.05) is 7.05 Å². The summed E-state index contributed by atoms with van der Waals surface area (Å²) in [5, 5.41) is 3.78. The van der Waals surface area contributed by atoms with E-state index in [4.69, 9.17) is 16.3 Å². The molecule has 0 aromatic heterocycles. The minimum absolute atomic E-state index is 0.249. The molecule has 1 unspecified atom stereocenters. The van der Waals surface area contributed by atoms with E-state index in [0.717, 1.165) is 12.0 Å². The highest BCUT2D eigenvalue weighted by Crippen LogP contribution is 2.19. The van der Waals surface area contributed by atoms with Crippen molar-refractivity contribution in [2.24, 2.45) is 0 Å². The number of ether oxygens (including phenoxy) is 1. The third-order valence-corrected chi connectivity index (χ3v) is 2.92. The molecule has 16 heavy (non-hydrogen) atoms. The lowest BCUT2D eigenvalue weighted by molar-refractivity contribution is 0.184. The van der Waals surface area contributed by atoms with Crippen LogP contribution in [0.1, 0.15) is 12.0 Å². The predicted octanol–water partition coefficient (Wildman–Crippen LogP) is 2.65. The van der Waals surface area contributed by atoms with Gasteiger partial charge in [0, 0.05) is 24.8 Å². The van der Waals surface area contributed by atoms with Gasteiger partial charge in [0.2, 0.25) is 0 Å². The third-order valence-electron chi connectivity index (χ3n) is 2.55. The maximum absolute atomic E-state index is 13.0. The fourth-order valence-corrected chi connectivity index (χ4v) is 1.77. The van der Waals surface area contributed by atoms with Crippen LogP contribution in [-0.4, -0.2) is 26.8 Å². The van der Waals surface area contributed by atoms with Crippen molar-refractivity contribution in [3.8, 4) is 0 Å². The minimum atomic E-state index is -0.249. The highest BCUT2D eigenvalue weighted by Gasteiger charge is 2.10. The SMILES string of the molecule is CNC(CCOC)Cc1cc(F)ccc1Cl. The molecular formula is C12H17ClFNO. The second kappa shape index (κ2) is 6.84. The van der Waals surface area contributed by atoms with Gasteiger partial charge in [-0.3, -0.25) is 0 Å². The highest BCUT2D eigenvalue weighted by molar-refractivity contribution is 6.31. The number of likely N-dealkylation sites (N-methyl/N-ethyl adjacent to an activating group) is 1. The lowest BCUT2D eigenvalue weighted by atomic mass is 10.0. The average molecular weight is 246 g/mol. The monoisotopic (exact) mass is 245 g/mol. The molecule has 1 N–H and O–H groups in total. The standard InChI is InChI=1S/C12H17ClFNO/c1-15-11(5-6-16-2)8-9-7-10(14)3-4-12(9)13/h3-4,7,11,15H,5-6,8H2,1-2H3. The fraction of sp³-hybridized carbons (Fsp3) is 0.500. The van der Waals surface area contributed by atoms with Crippen molar-refractivity contribution in [2.45, 2.75) is 18.9 Å². The zero-order chi connectivity index (χ0) is 12.0. The molecule has 0 aliphatic heterocycles. The van der Waals surface area contributed by atoms with Gasteiger partial charge < -0.3 is 10.1 Å². The van der Waals surface area contributed by atoms with Gasteiger partial charge in [-0.05, 0) is 43.7 Å². The van der Waals surface area contributed by atoms with Crippen molar-refractivity contribution in [1.29, 1.82) is 0 Å². The molecule has 0 fully saturated rings. The topological polar surface area (TPSA) is 21.3 Å². The fourth-order valence-electron chi connectivity index (χ4n) is 1.57. The Balaban J connectivity index is 2.65. The highest BCUT2D eigenvalue weighted by atomic mass is 35.5. The average Bonchev–Trinajstić information content (AvgIpc) is 2.28. The van der Waals surface area contributed by atoms with E-state index in [-0.39, 0.29) is 11.9 Å². The Labute approximate surface area is 101 Å². The van der Waals surface area contributed by atoms with Crippen LogP contribution >= 0.6 is 11.6 Å². The first-order valence-electron chi connectivity index (χ1n) is 5.27. The Morgan fingerprint density at radius 2 is 2.25 bits per heavy atom. The lowest BCUT2D eigenvalue weighted by Crippen LogP contribution is -2.29. The smallest absolute Gasteiger partial charge is 0.123 e. The van der Waals surface area contributed by atoms with E-state index in [0.29, 0.717) is 18.1 Å². The maximum Gasteiger partial charge on any atom is 0.123 e. The number of nitrogens with one attached hydrogen (secondary N) is 1. The molecule has 4 heteroatoms. The Hall–Kier alpha value is -0.640. The molecule has 0 bridgehead atoms. The van der Waals surface area contributed by atoms with Gasteiger partial charge in [0.15, 0.2) is 0 Å². The van der Waals surface area contributed by atoms with Crippen molar-refractivity contribution in [3.63, 3.8) is 0 Å². The second-order valence-electron chi connectivity index (χ2n) is 3.71. The van der Waals surface area contributed by atoms with Crippen LogP contribution < -0.4 is 5.32 Å². The van der Waals surface area contributed by atoms with E-state index in [2.05, 4.69) is 5.32 Å². The van der Waals surface area contributed by atoms with Crippen LogP contribution in [0.2, 0.25) is 5.02 Å². The van der Waals surface area contributed by atoms with E-state index in [1.54, 1.807) is 13.2 Å². The molecule has 1 rings (SSSR count). The zero-order valence-corrected chi connectivity index (χ0v) is 10.4. The van der Waals surface area contributed by atoms with Crippen molar-refractivity contribution >= 4 is 11.6 Å². The minimum Gasteiger partial charge on any atom is -0.385 e. The van der Waals surface area contributed by atoms with Gasteiger partial charge in [-0.2, -0.15) is 0 Å². The van der Waals surface area contributed by atoms with Crippen LogP contribution in [0.4, 0.5) is 4.39 Å². The van der Waals surface area contributed by atoms with E-state index < -0.39 is 0 Å². The summed E-state index contributed by atoms with van der Waals surface area (Å²) in [4.78, 5) is 0. The number of rotatable bonds is 6. The predicted molar refractivity (Wildman–Crippen MR) is 64.5 cm³/mol. The Bertz CT molecular complexity index is 333. The number of methoxy groups -OCH3 is 1. The van der Waals surface area contributed by atoms with Gasteiger partial charge in [-0.1, -0.05) is 11.6 Å². The Kier molecular flexibility index (Phi) is 5.74. The zero-order valence-electron chi connectivity index (χ0n) is 9.59. The van der Waals surface area contributed by atoms with Crippen LogP contribution in [-0.2, 0) is 11.2 Å². The molecule has 2 nitrogen and oxygen atoms in total. The van der Waals surface area contributed by atoms with Gasteiger partial charge in [-0.25, -0.2) is 4.39 Å². The first kappa shape index (κ1) is 13.4. The second-order valence-corrected chi connectivity index (χ2v) is 4.11. The molecular weight excluding hydrogens is 229 g/mol. The van der Waals surface area contributed by atoms with Crippen LogP contribution in [0.3, 0.4) is 0 Å². The van der Waals surface area contributed by atoms with Gasteiger partial charge in [-0.15, -0.1) is 0 Å². The molecule has 0 saturated carbocycles. The van der Waals surface area contributed by atoms with Crippen molar-refractivity contribution in [1.82, 2.24) is 5.32 Å². The summed E-state index contributed by atoms with van der Waals surface area (Å²) in [5.74, 6) is -0.249. The summed E-state index contributed by atoms with van der Waals surface area (Å²) in [6.07, 6.45) is 1.58. The molecule has 1 aromatic carbocycles. The van der Waals surface area contributed by atoms with E-state index >= 15 is 0 Å². The van der Waals surface area contributed by atoms with Crippen LogP contribution in [0.15, 0.2) is 18.2 Å². The van der Waals surface area contributed by atoms with E-state index in [9.17, 15) is 4.39 Å². The molecule has 0 heterocycles. The van der Waals surface area contributed by atoms with Gasteiger partial charge in [0.25, 0.3) is 0 Å². The molecule has 0 aliphatic rings. The van der Waals surface area contributed by atoms with Crippen molar-refractivity contribution < 1.29 is 9.13 Å². The summed E-state index contributed by atoms with van der Waals surface area (Å²) in [6, 6.07) is 4.70. The summed E-state index contributed by atoms with van der Waals surface area (Å²) in [5.41, 5.74) is 0.831. The van der Waals surface area contributed by atoms with Crippen molar-refractivity contribution in [3.05, 3.63) is 34.6 Å². The first-order chi connectivity index (χ1) is 7.67. The quantitative estimate of drug-likeness (QED) is 0.832. The molecule has 0 radical (unpaired) electrons.